The van der Waals surface area contributed by atoms with Gasteiger partial charge >= 0.3 is 18.2 Å². The number of piperidine rings is 1. The van der Waals surface area contributed by atoms with Crippen LogP contribution >= 0.6 is 11.6 Å². The maximum atomic E-state index is 13.0. The Morgan fingerprint density at radius 1 is 1.27 bits per heavy atom. The Balaban J connectivity index is 2.18. The predicted molar refractivity (Wildman–Crippen MR) is 87.9 cm³/mol. The fourth-order valence-electron chi connectivity index (χ4n) is 2.69. The summed E-state index contributed by atoms with van der Waals surface area (Å²) in [4.78, 5) is 24.8. The molecule has 3 N–H and O–H groups in total. The van der Waals surface area contributed by atoms with E-state index in [1.807, 2.05) is 0 Å². The summed E-state index contributed by atoms with van der Waals surface area (Å²) in [7, 11) is 0. The molecule has 0 unspecified atom stereocenters. The Hall–Kier alpha value is -2.16. The number of hydrogen-bond donors (Lipinski definition) is 2. The van der Waals surface area contributed by atoms with E-state index in [2.05, 4.69) is 0 Å². The number of benzene rings is 1. The molecule has 0 aromatic heterocycles. The number of anilines is 1. The lowest BCUT2D eigenvalue weighted by Gasteiger charge is -2.27. The van der Waals surface area contributed by atoms with Gasteiger partial charge in [-0.2, -0.15) is 13.2 Å². The third kappa shape index (κ3) is 4.94. The zero-order chi connectivity index (χ0) is 19.5. The number of carbonyl (C=O) groups excluding carboxylic acids is 1. The van der Waals surface area contributed by atoms with Crippen LogP contribution in [0.15, 0.2) is 12.1 Å². The molecule has 1 amide bonds. The van der Waals surface area contributed by atoms with Crippen LogP contribution in [-0.2, 0) is 22.1 Å². The minimum absolute atomic E-state index is 0.0460. The highest BCUT2D eigenvalue weighted by atomic mass is 35.5. The van der Waals surface area contributed by atoms with Gasteiger partial charge in [0, 0.05) is 19.5 Å². The van der Waals surface area contributed by atoms with Gasteiger partial charge in [0.2, 0.25) is 6.10 Å². The molecule has 0 bridgehead atoms. The van der Waals surface area contributed by atoms with Crippen molar-refractivity contribution < 1.29 is 32.6 Å². The highest BCUT2D eigenvalue weighted by Gasteiger charge is 2.35. The SMILES string of the molecule is Nc1c(Cl)cc(C[C@@H](OC(=O)N2CCCCC2)C(=O)O)cc1C(F)(F)F. The zero-order valence-electron chi connectivity index (χ0n) is 13.7. The van der Waals surface area contributed by atoms with Crippen molar-refractivity contribution >= 4 is 29.4 Å². The summed E-state index contributed by atoms with van der Waals surface area (Å²) in [6.07, 6.45) is -5.09. The quantitative estimate of drug-likeness (QED) is 0.762. The zero-order valence-corrected chi connectivity index (χ0v) is 14.4. The standard InChI is InChI=1S/C16H18ClF3N2O4/c17-11-7-9(6-10(13(11)21)16(18,19)20)8-12(14(23)24)26-15(25)22-4-2-1-3-5-22/h6-7,12H,1-5,8,21H2,(H,23,24)/t12-/m1/s1. The second kappa shape index (κ2) is 8.03. The topological polar surface area (TPSA) is 92.9 Å². The van der Waals surface area contributed by atoms with Gasteiger partial charge in [-0.25, -0.2) is 9.59 Å². The van der Waals surface area contributed by atoms with Gasteiger partial charge in [-0.15, -0.1) is 0 Å². The van der Waals surface area contributed by atoms with Gasteiger partial charge in [-0.1, -0.05) is 11.6 Å². The first-order valence-corrected chi connectivity index (χ1v) is 8.31. The van der Waals surface area contributed by atoms with E-state index >= 15 is 0 Å². The lowest BCUT2D eigenvalue weighted by atomic mass is 10.0. The highest BCUT2D eigenvalue weighted by Crippen LogP contribution is 2.38. The Morgan fingerprint density at radius 2 is 1.88 bits per heavy atom. The molecule has 0 spiro atoms. The van der Waals surface area contributed by atoms with Crippen LogP contribution in [-0.4, -0.2) is 41.3 Å². The summed E-state index contributed by atoms with van der Waals surface area (Å²) in [6, 6.07) is 1.85. The molecule has 1 aliphatic heterocycles. The Bertz CT molecular complexity index is 691. The third-order valence-corrected chi connectivity index (χ3v) is 4.36. The molecule has 0 radical (unpaired) electrons. The van der Waals surface area contributed by atoms with Gasteiger partial charge in [-0.3, -0.25) is 0 Å². The molecule has 144 valence electrons. The maximum absolute atomic E-state index is 13.0. The Morgan fingerprint density at radius 3 is 2.42 bits per heavy atom. The number of carboxylic acid groups (broad SMARTS) is 1. The van der Waals surface area contributed by atoms with Crippen LogP contribution in [0.2, 0.25) is 5.02 Å². The maximum Gasteiger partial charge on any atom is 0.418 e. The van der Waals surface area contributed by atoms with Crippen molar-refractivity contribution in [3.05, 3.63) is 28.3 Å². The molecule has 2 rings (SSSR count). The number of rotatable bonds is 4. The summed E-state index contributed by atoms with van der Waals surface area (Å²) in [5.41, 5.74) is 3.50. The Kier molecular flexibility index (Phi) is 6.22. The fraction of sp³-hybridized carbons (Fsp3) is 0.500. The molecular formula is C16H18ClF3N2O4. The van der Waals surface area contributed by atoms with Gasteiger partial charge in [0.05, 0.1) is 16.3 Å². The van der Waals surface area contributed by atoms with Crippen LogP contribution in [0.1, 0.15) is 30.4 Å². The molecule has 6 nitrogen and oxygen atoms in total. The third-order valence-electron chi connectivity index (χ3n) is 4.05. The van der Waals surface area contributed by atoms with Crippen LogP contribution in [0.4, 0.5) is 23.7 Å². The highest BCUT2D eigenvalue weighted by molar-refractivity contribution is 6.33. The van der Waals surface area contributed by atoms with E-state index in [0.717, 1.165) is 25.3 Å². The number of aliphatic carboxylic acids is 1. The van der Waals surface area contributed by atoms with E-state index < -0.39 is 42.0 Å². The van der Waals surface area contributed by atoms with E-state index in [-0.39, 0.29) is 10.6 Å². The van der Waals surface area contributed by atoms with Crippen molar-refractivity contribution in [2.75, 3.05) is 18.8 Å². The summed E-state index contributed by atoms with van der Waals surface area (Å²) >= 11 is 5.73. The number of amides is 1. The average Bonchev–Trinajstić information content (AvgIpc) is 2.56. The Labute approximate surface area is 152 Å². The summed E-state index contributed by atoms with van der Waals surface area (Å²) in [5, 5.41) is 8.91. The molecule has 1 saturated heterocycles. The molecule has 1 heterocycles. The van der Waals surface area contributed by atoms with Crippen molar-refractivity contribution in [2.24, 2.45) is 0 Å². The lowest BCUT2D eigenvalue weighted by molar-refractivity contribution is -0.147. The normalized spacial score (nSPS) is 16.2. The van der Waals surface area contributed by atoms with Gasteiger partial charge in [0.15, 0.2) is 0 Å². The molecule has 1 fully saturated rings. The largest absolute Gasteiger partial charge is 0.478 e. The van der Waals surface area contributed by atoms with Crippen molar-refractivity contribution in [3.63, 3.8) is 0 Å². The van der Waals surface area contributed by atoms with E-state index in [1.54, 1.807) is 0 Å². The lowest BCUT2D eigenvalue weighted by Crippen LogP contribution is -2.40. The second-order valence-electron chi connectivity index (χ2n) is 6.00. The molecule has 26 heavy (non-hydrogen) atoms. The number of alkyl halides is 3. The smallest absolute Gasteiger partial charge is 0.418 e. The second-order valence-corrected chi connectivity index (χ2v) is 6.41. The number of hydrogen-bond acceptors (Lipinski definition) is 4. The van der Waals surface area contributed by atoms with Gasteiger partial charge in [-0.05, 0) is 37.0 Å². The van der Waals surface area contributed by atoms with Gasteiger partial charge in [0.1, 0.15) is 0 Å². The number of ether oxygens (including phenoxy) is 1. The first kappa shape index (κ1) is 20.2. The van der Waals surface area contributed by atoms with Crippen molar-refractivity contribution in [2.45, 2.75) is 38.0 Å². The van der Waals surface area contributed by atoms with Gasteiger partial charge in [0.25, 0.3) is 0 Å². The van der Waals surface area contributed by atoms with E-state index in [4.69, 9.17) is 22.1 Å². The van der Waals surface area contributed by atoms with E-state index in [0.29, 0.717) is 19.2 Å². The monoisotopic (exact) mass is 394 g/mol. The molecule has 1 aromatic carbocycles. The first-order chi connectivity index (χ1) is 12.1. The van der Waals surface area contributed by atoms with Gasteiger partial charge < -0.3 is 20.5 Å². The fourth-order valence-corrected chi connectivity index (χ4v) is 2.93. The van der Waals surface area contributed by atoms with E-state index in [9.17, 15) is 27.9 Å². The molecule has 1 atom stereocenters. The number of nitrogen functional groups attached to an aromatic ring is 1. The summed E-state index contributed by atoms with van der Waals surface area (Å²) < 4.78 is 44.0. The molecule has 1 aliphatic rings. The van der Waals surface area contributed by atoms with Crippen LogP contribution < -0.4 is 5.73 Å². The minimum atomic E-state index is -4.74. The number of likely N-dealkylation sites (tertiary alicyclic amines) is 1. The molecule has 10 heteroatoms. The number of carbonyl (C=O) groups is 2. The molecular weight excluding hydrogens is 377 g/mol. The van der Waals surface area contributed by atoms with Crippen LogP contribution in [0, 0.1) is 0 Å². The summed E-state index contributed by atoms with van der Waals surface area (Å²) in [6.45, 7) is 0.911. The minimum Gasteiger partial charge on any atom is -0.478 e. The van der Waals surface area contributed by atoms with E-state index in [1.165, 1.54) is 4.90 Å². The molecule has 0 aliphatic carbocycles. The molecule has 0 saturated carbocycles. The van der Waals surface area contributed by atoms with Crippen LogP contribution in [0.5, 0.6) is 0 Å². The van der Waals surface area contributed by atoms with Crippen LogP contribution in [0.25, 0.3) is 0 Å². The van der Waals surface area contributed by atoms with Crippen molar-refractivity contribution in [1.82, 2.24) is 4.90 Å². The number of nitrogens with zero attached hydrogens (tertiary/aromatic N) is 1. The van der Waals surface area contributed by atoms with Crippen molar-refractivity contribution in [3.8, 4) is 0 Å². The molecule has 1 aromatic rings. The van der Waals surface area contributed by atoms with Crippen LogP contribution in [0.3, 0.4) is 0 Å². The number of halogens is 4. The number of carboxylic acids is 1. The number of nitrogens with two attached hydrogens (primary N) is 1. The predicted octanol–water partition coefficient (Wildman–Crippen LogP) is 3.56. The van der Waals surface area contributed by atoms with Crippen molar-refractivity contribution in [1.29, 1.82) is 0 Å². The average molecular weight is 395 g/mol. The first-order valence-electron chi connectivity index (χ1n) is 7.93. The summed E-state index contributed by atoms with van der Waals surface area (Å²) in [5.74, 6) is -1.46.